The normalized spacial score (nSPS) is 11.1. The number of rotatable bonds is 2. The Hall–Kier alpha value is -2.02. The third kappa shape index (κ3) is 1.98. The van der Waals surface area contributed by atoms with E-state index in [2.05, 4.69) is 15.3 Å². The lowest BCUT2D eigenvalue weighted by molar-refractivity contribution is 0.694. The molecule has 7 heteroatoms. The first kappa shape index (κ1) is 10.5. The van der Waals surface area contributed by atoms with E-state index in [0.29, 0.717) is 0 Å². The topological polar surface area (TPSA) is 80.1 Å². The molecule has 0 aromatic carbocycles. The maximum Gasteiger partial charge on any atom is 0.365 e. The number of aryl methyl sites for hydroxylation is 1. The monoisotopic (exact) mass is 236 g/mol. The van der Waals surface area contributed by atoms with E-state index < -0.39 is 11.2 Å². The van der Waals surface area contributed by atoms with E-state index in [1.54, 1.807) is 0 Å². The van der Waals surface area contributed by atoms with E-state index in [4.69, 9.17) is 0 Å². The number of aromatic nitrogens is 3. The van der Waals surface area contributed by atoms with Gasteiger partial charge in [0.1, 0.15) is 5.69 Å². The molecule has 2 aromatic rings. The van der Waals surface area contributed by atoms with Crippen LogP contribution in [0, 0.1) is 6.92 Å². The second kappa shape index (κ2) is 4.23. The van der Waals surface area contributed by atoms with Crippen molar-refractivity contribution in [3.63, 3.8) is 0 Å². The second-order valence-electron chi connectivity index (χ2n) is 2.99. The Kier molecular flexibility index (Phi) is 2.78. The van der Waals surface area contributed by atoms with Gasteiger partial charge in [0.2, 0.25) is 0 Å². The lowest BCUT2D eigenvalue weighted by Gasteiger charge is -1.95. The van der Waals surface area contributed by atoms with Crippen molar-refractivity contribution in [3.05, 3.63) is 48.9 Å². The highest BCUT2D eigenvalue weighted by atomic mass is 32.1. The molecule has 0 amide bonds. The van der Waals surface area contributed by atoms with Gasteiger partial charge >= 0.3 is 5.69 Å². The SMILES string of the molecule is Cc1n[nH]c(=O)n(N=Cc2cccs2)c1=O. The van der Waals surface area contributed by atoms with Gasteiger partial charge in [0.05, 0.1) is 6.21 Å². The summed E-state index contributed by atoms with van der Waals surface area (Å²) < 4.78 is 0.752. The summed E-state index contributed by atoms with van der Waals surface area (Å²) in [6.07, 6.45) is 1.46. The zero-order valence-corrected chi connectivity index (χ0v) is 9.19. The maximum atomic E-state index is 11.5. The van der Waals surface area contributed by atoms with Crippen LogP contribution < -0.4 is 11.2 Å². The molecule has 0 unspecified atom stereocenters. The van der Waals surface area contributed by atoms with E-state index in [0.717, 1.165) is 9.55 Å². The average Bonchev–Trinajstić information content (AvgIpc) is 2.77. The smallest absolute Gasteiger partial charge is 0.265 e. The van der Waals surface area contributed by atoms with Crippen molar-refractivity contribution >= 4 is 17.6 Å². The van der Waals surface area contributed by atoms with E-state index in [1.807, 2.05) is 17.5 Å². The fourth-order valence-electron chi connectivity index (χ4n) is 1.06. The van der Waals surface area contributed by atoms with Gasteiger partial charge in [-0.2, -0.15) is 10.2 Å². The molecule has 0 aliphatic heterocycles. The zero-order valence-electron chi connectivity index (χ0n) is 8.38. The minimum Gasteiger partial charge on any atom is -0.265 e. The first-order valence-corrected chi connectivity index (χ1v) is 5.32. The molecule has 0 radical (unpaired) electrons. The predicted octanol–water partition coefficient (Wildman–Crippen LogP) is 0.184. The van der Waals surface area contributed by atoms with Crippen LogP contribution in [0.2, 0.25) is 0 Å². The maximum absolute atomic E-state index is 11.5. The van der Waals surface area contributed by atoms with Crippen LogP contribution >= 0.6 is 11.3 Å². The van der Waals surface area contributed by atoms with Crippen LogP contribution in [0.15, 0.2) is 32.2 Å². The average molecular weight is 236 g/mol. The van der Waals surface area contributed by atoms with E-state index in [9.17, 15) is 9.59 Å². The summed E-state index contributed by atoms with van der Waals surface area (Å²) >= 11 is 1.47. The van der Waals surface area contributed by atoms with Crippen LogP contribution in [0.4, 0.5) is 0 Å². The summed E-state index contributed by atoms with van der Waals surface area (Å²) in [7, 11) is 0. The number of H-pyrrole nitrogens is 1. The first-order chi connectivity index (χ1) is 7.68. The molecular weight excluding hydrogens is 228 g/mol. The van der Waals surface area contributed by atoms with Crippen molar-refractivity contribution in [2.45, 2.75) is 6.92 Å². The fraction of sp³-hybridized carbons (Fsp3) is 0.111. The quantitative estimate of drug-likeness (QED) is 0.755. The molecule has 0 saturated carbocycles. The van der Waals surface area contributed by atoms with Gasteiger partial charge in [-0.15, -0.1) is 16.0 Å². The molecule has 0 atom stereocenters. The zero-order chi connectivity index (χ0) is 11.5. The van der Waals surface area contributed by atoms with Crippen molar-refractivity contribution in [1.82, 2.24) is 14.9 Å². The van der Waals surface area contributed by atoms with E-state index in [1.165, 1.54) is 24.5 Å². The van der Waals surface area contributed by atoms with Gasteiger partial charge in [0.25, 0.3) is 5.56 Å². The van der Waals surface area contributed by atoms with Gasteiger partial charge in [-0.1, -0.05) is 6.07 Å². The molecule has 2 rings (SSSR count). The summed E-state index contributed by atoms with van der Waals surface area (Å²) in [5.41, 5.74) is -0.970. The molecular formula is C9H8N4O2S. The summed E-state index contributed by atoms with van der Waals surface area (Å²) in [6, 6.07) is 3.69. The van der Waals surface area contributed by atoms with Crippen LogP contribution in [0.25, 0.3) is 0 Å². The number of nitrogens with zero attached hydrogens (tertiary/aromatic N) is 3. The molecule has 0 aliphatic carbocycles. The van der Waals surface area contributed by atoms with Crippen molar-refractivity contribution < 1.29 is 0 Å². The van der Waals surface area contributed by atoms with Crippen LogP contribution in [0.3, 0.4) is 0 Å². The fourth-order valence-corrected chi connectivity index (χ4v) is 1.64. The molecule has 0 spiro atoms. The molecule has 0 bridgehead atoms. The summed E-state index contributed by atoms with van der Waals surface area (Å²) in [5, 5.41) is 11.4. The lowest BCUT2D eigenvalue weighted by atomic mass is 10.5. The Balaban J connectivity index is 2.46. The van der Waals surface area contributed by atoms with Gasteiger partial charge in [-0.3, -0.25) is 4.79 Å². The number of aromatic amines is 1. The molecule has 0 saturated heterocycles. The van der Waals surface area contributed by atoms with Crippen LogP contribution in [-0.4, -0.2) is 21.1 Å². The van der Waals surface area contributed by atoms with Gasteiger partial charge in [-0.05, 0) is 18.4 Å². The van der Waals surface area contributed by atoms with Gasteiger partial charge in [0, 0.05) is 4.88 Å². The highest BCUT2D eigenvalue weighted by Crippen LogP contribution is 2.04. The van der Waals surface area contributed by atoms with Crippen LogP contribution in [-0.2, 0) is 0 Å². The second-order valence-corrected chi connectivity index (χ2v) is 3.97. The largest absolute Gasteiger partial charge is 0.365 e. The molecule has 2 heterocycles. The highest BCUT2D eigenvalue weighted by Gasteiger charge is 2.02. The van der Waals surface area contributed by atoms with Gasteiger partial charge in [-0.25, -0.2) is 9.89 Å². The molecule has 16 heavy (non-hydrogen) atoms. The predicted molar refractivity (Wildman–Crippen MR) is 61.2 cm³/mol. The third-order valence-corrected chi connectivity index (χ3v) is 2.66. The van der Waals surface area contributed by atoms with Gasteiger partial charge in [0.15, 0.2) is 0 Å². The summed E-state index contributed by atoms with van der Waals surface area (Å²) in [6.45, 7) is 1.51. The third-order valence-electron chi connectivity index (χ3n) is 1.86. The molecule has 1 N–H and O–H groups in total. The number of hydrogen-bond acceptors (Lipinski definition) is 5. The van der Waals surface area contributed by atoms with E-state index >= 15 is 0 Å². The van der Waals surface area contributed by atoms with Crippen molar-refractivity contribution in [3.8, 4) is 0 Å². The molecule has 82 valence electrons. The lowest BCUT2D eigenvalue weighted by Crippen LogP contribution is -2.35. The molecule has 0 fully saturated rings. The number of nitrogens with one attached hydrogen (secondary N) is 1. The Labute approximate surface area is 93.9 Å². The van der Waals surface area contributed by atoms with E-state index in [-0.39, 0.29) is 5.69 Å². The van der Waals surface area contributed by atoms with Crippen molar-refractivity contribution in [2.24, 2.45) is 5.10 Å². The summed E-state index contributed by atoms with van der Waals surface area (Å²) in [5.74, 6) is 0. The Morgan fingerprint density at radius 2 is 2.38 bits per heavy atom. The van der Waals surface area contributed by atoms with Crippen molar-refractivity contribution in [2.75, 3.05) is 0 Å². The van der Waals surface area contributed by atoms with Crippen molar-refractivity contribution in [1.29, 1.82) is 0 Å². The Bertz CT molecular complexity index is 624. The molecule has 2 aromatic heterocycles. The molecule has 6 nitrogen and oxygen atoms in total. The first-order valence-electron chi connectivity index (χ1n) is 4.44. The number of hydrogen-bond donors (Lipinski definition) is 1. The highest BCUT2D eigenvalue weighted by molar-refractivity contribution is 7.11. The standard InChI is InChI=1S/C9H8N4O2S/c1-6-8(14)13(9(15)12-11-6)10-5-7-3-2-4-16-7/h2-5H,1H3,(H,12,15). The van der Waals surface area contributed by atoms with Gasteiger partial charge < -0.3 is 0 Å². The Morgan fingerprint density at radius 1 is 1.56 bits per heavy atom. The summed E-state index contributed by atoms with van der Waals surface area (Å²) in [4.78, 5) is 23.7. The molecule has 0 aliphatic rings. The van der Waals surface area contributed by atoms with Crippen LogP contribution in [0.5, 0.6) is 0 Å². The van der Waals surface area contributed by atoms with Crippen LogP contribution in [0.1, 0.15) is 10.6 Å². The minimum atomic E-state index is -0.650. The Morgan fingerprint density at radius 3 is 3.06 bits per heavy atom. The number of thiophene rings is 1. The minimum absolute atomic E-state index is 0.197.